The van der Waals surface area contributed by atoms with Gasteiger partial charge in [-0.2, -0.15) is 13.2 Å². The third-order valence-corrected chi connectivity index (χ3v) is 3.31. The molecule has 0 atom stereocenters. The topological polar surface area (TPSA) is 12.9 Å². The average Bonchev–Trinajstić information content (AvgIpc) is 2.33. The minimum Gasteiger partial charge on any atom is -0.233 e. The zero-order valence-corrected chi connectivity index (χ0v) is 11.4. The van der Waals surface area contributed by atoms with Crippen LogP contribution in [0.25, 0.3) is 11.3 Å². The molecule has 1 nitrogen and oxygen atoms in total. The molecular weight excluding hydrogens is 321 g/mol. The number of halogens is 6. The third kappa shape index (κ3) is 3.14. The van der Waals surface area contributed by atoms with Crippen LogP contribution in [0.15, 0.2) is 30.3 Å². The molecule has 19 heavy (non-hydrogen) atoms. The van der Waals surface area contributed by atoms with Crippen molar-refractivity contribution in [2.75, 3.05) is 0 Å². The molecule has 1 aromatic carbocycles. The summed E-state index contributed by atoms with van der Waals surface area (Å²) >= 11 is 17.4. The minimum absolute atomic E-state index is 0.0153. The molecule has 7 heteroatoms. The van der Waals surface area contributed by atoms with E-state index in [4.69, 9.17) is 34.8 Å². The smallest absolute Gasteiger partial charge is 0.233 e. The van der Waals surface area contributed by atoms with Gasteiger partial charge >= 0.3 is 6.18 Å². The highest BCUT2D eigenvalue weighted by atomic mass is 35.5. The van der Waals surface area contributed by atoms with Crippen molar-refractivity contribution in [1.82, 2.24) is 4.98 Å². The first-order valence-corrected chi connectivity index (χ1v) is 6.11. The van der Waals surface area contributed by atoms with Gasteiger partial charge < -0.3 is 0 Å². The molecule has 2 rings (SSSR count). The second kappa shape index (κ2) is 5.19. The van der Waals surface area contributed by atoms with Crippen molar-refractivity contribution in [2.24, 2.45) is 0 Å². The first-order chi connectivity index (χ1) is 8.79. The molecule has 0 N–H and O–H groups in total. The predicted octanol–water partition coefficient (Wildman–Crippen LogP) is 5.73. The molecular formula is C12H5Cl3F3N. The van der Waals surface area contributed by atoms with E-state index in [9.17, 15) is 13.2 Å². The van der Waals surface area contributed by atoms with Crippen LogP contribution in [-0.2, 0) is 6.18 Å². The van der Waals surface area contributed by atoms with Crippen LogP contribution in [0.3, 0.4) is 0 Å². The summed E-state index contributed by atoms with van der Waals surface area (Å²) in [7, 11) is 0. The number of benzene rings is 1. The lowest BCUT2D eigenvalue weighted by Crippen LogP contribution is -2.04. The fraction of sp³-hybridized carbons (Fsp3) is 0.0833. The Morgan fingerprint density at radius 2 is 1.63 bits per heavy atom. The van der Waals surface area contributed by atoms with Crippen molar-refractivity contribution in [2.45, 2.75) is 6.18 Å². The molecule has 2 aromatic rings. The summed E-state index contributed by atoms with van der Waals surface area (Å²) in [5.74, 6) is 0. The van der Waals surface area contributed by atoms with E-state index in [0.717, 1.165) is 12.1 Å². The van der Waals surface area contributed by atoms with Crippen molar-refractivity contribution in [1.29, 1.82) is 0 Å². The lowest BCUT2D eigenvalue weighted by atomic mass is 10.1. The van der Waals surface area contributed by atoms with Crippen molar-refractivity contribution < 1.29 is 13.2 Å². The zero-order chi connectivity index (χ0) is 14.2. The molecule has 0 amide bonds. The Bertz CT molecular complexity index is 626. The van der Waals surface area contributed by atoms with Crippen LogP contribution < -0.4 is 0 Å². The summed E-state index contributed by atoms with van der Waals surface area (Å²) in [5.41, 5.74) is -0.408. The highest BCUT2D eigenvalue weighted by molar-refractivity contribution is 6.42. The lowest BCUT2D eigenvalue weighted by Gasteiger charge is -2.10. The van der Waals surface area contributed by atoms with Crippen LogP contribution in [0.1, 0.15) is 5.56 Å². The van der Waals surface area contributed by atoms with Crippen molar-refractivity contribution >= 4 is 34.8 Å². The number of alkyl halides is 3. The molecule has 1 aromatic heterocycles. The van der Waals surface area contributed by atoms with Crippen molar-refractivity contribution in [3.05, 3.63) is 51.1 Å². The standard InChI is InChI=1S/C12H5Cl3F3N/c13-8-5-9(14)11(15)19-10(8)6-2-1-3-7(4-6)12(16,17)18/h1-5H. The lowest BCUT2D eigenvalue weighted by molar-refractivity contribution is -0.137. The van der Waals surface area contributed by atoms with E-state index < -0.39 is 11.7 Å². The van der Waals surface area contributed by atoms with E-state index >= 15 is 0 Å². The van der Waals surface area contributed by atoms with Crippen LogP contribution in [-0.4, -0.2) is 4.98 Å². The molecule has 0 aliphatic heterocycles. The first-order valence-electron chi connectivity index (χ1n) is 4.98. The van der Waals surface area contributed by atoms with Gasteiger partial charge in [0.1, 0.15) is 5.15 Å². The van der Waals surface area contributed by atoms with Crippen LogP contribution in [0.4, 0.5) is 13.2 Å². The van der Waals surface area contributed by atoms with Gasteiger partial charge in [0.05, 0.1) is 21.3 Å². The van der Waals surface area contributed by atoms with Crippen molar-refractivity contribution in [3.8, 4) is 11.3 Å². The van der Waals surface area contributed by atoms with E-state index in [0.29, 0.717) is 0 Å². The van der Waals surface area contributed by atoms with Gasteiger partial charge in [-0.15, -0.1) is 0 Å². The fourth-order valence-electron chi connectivity index (χ4n) is 1.49. The quantitative estimate of drug-likeness (QED) is 0.610. The average molecular weight is 327 g/mol. The number of rotatable bonds is 1. The maximum absolute atomic E-state index is 12.6. The molecule has 0 unspecified atom stereocenters. The van der Waals surface area contributed by atoms with Crippen LogP contribution in [0.5, 0.6) is 0 Å². The van der Waals surface area contributed by atoms with Crippen molar-refractivity contribution in [3.63, 3.8) is 0 Å². The van der Waals surface area contributed by atoms with Gasteiger partial charge in [-0.1, -0.05) is 46.9 Å². The Morgan fingerprint density at radius 3 is 2.26 bits per heavy atom. The van der Waals surface area contributed by atoms with E-state index in [2.05, 4.69) is 4.98 Å². The number of hydrogen-bond acceptors (Lipinski definition) is 1. The Labute approximate surface area is 121 Å². The third-order valence-electron chi connectivity index (χ3n) is 2.35. The first kappa shape index (κ1) is 14.4. The Kier molecular flexibility index (Phi) is 3.95. The second-order valence-corrected chi connectivity index (χ2v) is 4.84. The van der Waals surface area contributed by atoms with Gasteiger partial charge in [0, 0.05) is 5.56 Å². The molecule has 0 bridgehead atoms. The number of hydrogen-bond donors (Lipinski definition) is 0. The summed E-state index contributed by atoms with van der Waals surface area (Å²) in [4.78, 5) is 3.90. The summed E-state index contributed by atoms with van der Waals surface area (Å²) in [6, 6.07) is 6.01. The fourth-order valence-corrected chi connectivity index (χ4v) is 2.10. The summed E-state index contributed by atoms with van der Waals surface area (Å²) in [5, 5.41) is 0.259. The summed E-state index contributed by atoms with van der Waals surface area (Å²) in [6.07, 6.45) is -4.43. The highest BCUT2D eigenvalue weighted by Crippen LogP contribution is 2.35. The molecule has 0 radical (unpaired) electrons. The Balaban J connectivity index is 2.57. The number of pyridine rings is 1. The second-order valence-electron chi connectivity index (χ2n) is 3.67. The molecule has 0 spiro atoms. The van der Waals surface area contributed by atoms with Crippen LogP contribution in [0.2, 0.25) is 15.2 Å². The maximum Gasteiger partial charge on any atom is 0.416 e. The van der Waals surface area contributed by atoms with E-state index in [-0.39, 0.29) is 26.5 Å². The molecule has 1 heterocycles. The SMILES string of the molecule is FC(F)(F)c1cccc(-c2nc(Cl)c(Cl)cc2Cl)c1. The Hall–Kier alpha value is -0.970. The van der Waals surface area contributed by atoms with E-state index in [1.165, 1.54) is 18.2 Å². The van der Waals surface area contributed by atoms with Crippen LogP contribution in [0, 0.1) is 0 Å². The van der Waals surface area contributed by atoms with Gasteiger partial charge in [-0.3, -0.25) is 0 Å². The normalized spacial score (nSPS) is 11.7. The summed E-state index contributed by atoms with van der Waals surface area (Å²) < 4.78 is 37.9. The molecule has 0 saturated carbocycles. The predicted molar refractivity (Wildman–Crippen MR) is 69.7 cm³/mol. The Morgan fingerprint density at radius 1 is 0.947 bits per heavy atom. The van der Waals surface area contributed by atoms with Gasteiger partial charge in [0.25, 0.3) is 0 Å². The van der Waals surface area contributed by atoms with Gasteiger partial charge in [0.2, 0.25) is 0 Å². The molecule has 0 saturated heterocycles. The monoisotopic (exact) mass is 325 g/mol. The molecule has 0 aliphatic carbocycles. The highest BCUT2D eigenvalue weighted by Gasteiger charge is 2.30. The zero-order valence-electron chi connectivity index (χ0n) is 9.10. The molecule has 100 valence electrons. The van der Waals surface area contributed by atoms with E-state index in [1.54, 1.807) is 0 Å². The van der Waals surface area contributed by atoms with E-state index in [1.807, 2.05) is 0 Å². The number of nitrogens with zero attached hydrogens (tertiary/aromatic N) is 1. The van der Waals surface area contributed by atoms with Crippen LogP contribution >= 0.6 is 34.8 Å². The van der Waals surface area contributed by atoms with Gasteiger partial charge in [-0.25, -0.2) is 4.98 Å². The molecule has 0 aliphatic rings. The van der Waals surface area contributed by atoms with Gasteiger partial charge in [0.15, 0.2) is 0 Å². The minimum atomic E-state index is -4.43. The number of aromatic nitrogens is 1. The molecule has 0 fully saturated rings. The summed E-state index contributed by atoms with van der Waals surface area (Å²) in [6.45, 7) is 0. The largest absolute Gasteiger partial charge is 0.416 e. The van der Waals surface area contributed by atoms with Gasteiger partial charge in [-0.05, 0) is 18.2 Å². The maximum atomic E-state index is 12.6.